The number of rotatable bonds is 3. The van der Waals surface area contributed by atoms with E-state index in [-0.39, 0.29) is 5.82 Å². The summed E-state index contributed by atoms with van der Waals surface area (Å²) in [5.74, 6) is 0.595. The predicted octanol–water partition coefficient (Wildman–Crippen LogP) is 3.51. The molecule has 5 heteroatoms. The number of halogens is 1. The van der Waals surface area contributed by atoms with Crippen molar-refractivity contribution < 1.29 is 4.39 Å². The van der Waals surface area contributed by atoms with Gasteiger partial charge >= 0.3 is 0 Å². The lowest BCUT2D eigenvalue weighted by atomic mass is 10.2. The number of benzene rings is 1. The van der Waals surface area contributed by atoms with Gasteiger partial charge in [0.2, 0.25) is 0 Å². The van der Waals surface area contributed by atoms with E-state index in [1.807, 2.05) is 10.6 Å². The Morgan fingerprint density at radius 3 is 2.48 bits per heavy atom. The van der Waals surface area contributed by atoms with Crippen molar-refractivity contribution in [3.8, 4) is 6.07 Å². The fourth-order valence-electron chi connectivity index (χ4n) is 3.25. The minimum atomic E-state index is -0.259. The second-order valence-electron chi connectivity index (χ2n) is 6.00. The Morgan fingerprint density at radius 1 is 1.13 bits per heavy atom. The maximum atomic E-state index is 14.0. The average Bonchev–Trinajstić information content (AvgIpc) is 2.73. The fraction of sp³-hybridized carbons (Fsp3) is 0.389. The van der Waals surface area contributed by atoms with E-state index in [2.05, 4.69) is 11.0 Å². The molecule has 0 aliphatic carbocycles. The van der Waals surface area contributed by atoms with Crippen molar-refractivity contribution in [1.29, 1.82) is 5.26 Å². The molecule has 2 aromatic rings. The van der Waals surface area contributed by atoms with E-state index in [4.69, 9.17) is 5.73 Å². The normalized spacial score (nSPS) is 15.2. The predicted molar refractivity (Wildman–Crippen MR) is 89.7 cm³/mol. The summed E-state index contributed by atoms with van der Waals surface area (Å²) in [5, 5.41) is 9.42. The Bertz CT molecular complexity index is 721. The van der Waals surface area contributed by atoms with Crippen molar-refractivity contribution in [2.45, 2.75) is 32.2 Å². The summed E-state index contributed by atoms with van der Waals surface area (Å²) in [6.07, 6.45) is 4.67. The largest absolute Gasteiger partial charge is 0.396 e. The average molecular weight is 312 g/mol. The van der Waals surface area contributed by atoms with Crippen LogP contribution in [0.25, 0.3) is 0 Å². The van der Waals surface area contributed by atoms with Gasteiger partial charge in [-0.3, -0.25) is 0 Å². The van der Waals surface area contributed by atoms with Crippen LogP contribution in [0.1, 0.15) is 36.9 Å². The first-order valence-electron chi connectivity index (χ1n) is 8.08. The zero-order valence-corrected chi connectivity index (χ0v) is 13.1. The summed E-state index contributed by atoms with van der Waals surface area (Å²) in [5.41, 5.74) is 7.82. The van der Waals surface area contributed by atoms with Gasteiger partial charge in [-0.25, -0.2) is 4.39 Å². The van der Waals surface area contributed by atoms with E-state index in [1.165, 1.54) is 18.9 Å². The molecule has 23 heavy (non-hydrogen) atoms. The lowest BCUT2D eigenvalue weighted by Crippen LogP contribution is -2.27. The molecule has 1 fully saturated rings. The van der Waals surface area contributed by atoms with E-state index in [0.29, 0.717) is 23.5 Å². The maximum Gasteiger partial charge on any atom is 0.133 e. The molecule has 1 aromatic heterocycles. The Labute approximate surface area is 135 Å². The van der Waals surface area contributed by atoms with Gasteiger partial charge in [-0.1, -0.05) is 31.0 Å². The molecule has 2 heterocycles. The molecule has 0 atom stereocenters. The van der Waals surface area contributed by atoms with Gasteiger partial charge in [0.05, 0.1) is 12.2 Å². The third-order valence-corrected chi connectivity index (χ3v) is 4.40. The van der Waals surface area contributed by atoms with Gasteiger partial charge in [0, 0.05) is 18.7 Å². The summed E-state index contributed by atoms with van der Waals surface area (Å²) in [6.45, 7) is 2.17. The molecule has 0 spiro atoms. The van der Waals surface area contributed by atoms with Crippen molar-refractivity contribution >= 4 is 11.5 Å². The number of nitrogens with zero attached hydrogens (tertiary/aromatic N) is 3. The standard InChI is InChI=1S/C18H21FN4/c19-16-8-4-3-7-14(16)13-23-15(12-20)11-17(21)18(23)22-9-5-1-2-6-10-22/h3-4,7-8,11H,1-2,5-6,9-10,13,21H2. The van der Waals surface area contributed by atoms with Crippen LogP contribution in [0.3, 0.4) is 0 Å². The van der Waals surface area contributed by atoms with Crippen molar-refractivity contribution in [2.75, 3.05) is 23.7 Å². The first-order chi connectivity index (χ1) is 11.2. The Hall–Kier alpha value is -2.48. The number of hydrogen-bond donors (Lipinski definition) is 1. The number of hydrogen-bond acceptors (Lipinski definition) is 3. The molecule has 0 amide bonds. The van der Waals surface area contributed by atoms with Gasteiger partial charge < -0.3 is 15.2 Å². The van der Waals surface area contributed by atoms with Crippen LogP contribution in [0.15, 0.2) is 30.3 Å². The van der Waals surface area contributed by atoms with Crippen LogP contribution in [0.4, 0.5) is 15.9 Å². The highest BCUT2D eigenvalue weighted by atomic mass is 19.1. The van der Waals surface area contributed by atoms with E-state index in [0.717, 1.165) is 31.7 Å². The number of anilines is 2. The highest BCUT2D eigenvalue weighted by molar-refractivity contribution is 5.68. The van der Waals surface area contributed by atoms with Crippen LogP contribution in [0.2, 0.25) is 0 Å². The molecule has 2 N–H and O–H groups in total. The summed E-state index contributed by atoms with van der Waals surface area (Å²) < 4.78 is 15.9. The Morgan fingerprint density at radius 2 is 1.83 bits per heavy atom. The monoisotopic (exact) mass is 312 g/mol. The molecule has 0 bridgehead atoms. The van der Waals surface area contributed by atoms with Gasteiger partial charge in [-0.2, -0.15) is 5.26 Å². The molecular weight excluding hydrogens is 291 g/mol. The van der Waals surface area contributed by atoms with Crippen molar-refractivity contribution in [3.63, 3.8) is 0 Å². The van der Waals surface area contributed by atoms with Crippen LogP contribution in [-0.2, 0) is 6.54 Å². The topological polar surface area (TPSA) is 58.0 Å². The summed E-state index contributed by atoms with van der Waals surface area (Å²) >= 11 is 0. The molecule has 1 aromatic carbocycles. The molecule has 0 unspecified atom stereocenters. The van der Waals surface area contributed by atoms with E-state index >= 15 is 0 Å². The highest BCUT2D eigenvalue weighted by Crippen LogP contribution is 2.31. The highest BCUT2D eigenvalue weighted by Gasteiger charge is 2.21. The van der Waals surface area contributed by atoms with E-state index in [1.54, 1.807) is 18.2 Å². The first-order valence-corrected chi connectivity index (χ1v) is 8.08. The van der Waals surface area contributed by atoms with Gasteiger partial charge in [0.25, 0.3) is 0 Å². The molecule has 1 aliphatic rings. The summed E-state index contributed by atoms with van der Waals surface area (Å²) in [4.78, 5) is 2.24. The van der Waals surface area contributed by atoms with Crippen molar-refractivity contribution in [3.05, 3.63) is 47.4 Å². The van der Waals surface area contributed by atoms with Gasteiger partial charge in [-0.15, -0.1) is 0 Å². The number of aromatic nitrogens is 1. The van der Waals surface area contributed by atoms with Crippen LogP contribution < -0.4 is 10.6 Å². The third kappa shape index (κ3) is 3.16. The Kier molecular flexibility index (Phi) is 4.52. The summed E-state index contributed by atoms with van der Waals surface area (Å²) in [7, 11) is 0. The molecule has 0 saturated carbocycles. The van der Waals surface area contributed by atoms with E-state index in [9.17, 15) is 9.65 Å². The van der Waals surface area contributed by atoms with Crippen LogP contribution in [-0.4, -0.2) is 17.7 Å². The minimum absolute atomic E-state index is 0.259. The van der Waals surface area contributed by atoms with Crippen LogP contribution in [0, 0.1) is 17.1 Å². The summed E-state index contributed by atoms with van der Waals surface area (Å²) in [6, 6.07) is 10.6. The number of nitrogens with two attached hydrogens (primary N) is 1. The first kappa shape index (κ1) is 15.4. The molecule has 120 valence electrons. The van der Waals surface area contributed by atoms with Gasteiger partial charge in [-0.05, 0) is 25.0 Å². The SMILES string of the molecule is N#Cc1cc(N)c(N2CCCCCC2)n1Cc1ccccc1F. The molecule has 0 radical (unpaired) electrons. The minimum Gasteiger partial charge on any atom is -0.396 e. The quantitative estimate of drug-likeness (QED) is 0.943. The van der Waals surface area contributed by atoms with E-state index < -0.39 is 0 Å². The van der Waals surface area contributed by atoms with Gasteiger partial charge in [0.15, 0.2) is 0 Å². The lowest BCUT2D eigenvalue weighted by molar-refractivity contribution is 0.597. The second kappa shape index (κ2) is 6.74. The molecule has 3 rings (SSSR count). The smallest absolute Gasteiger partial charge is 0.133 e. The van der Waals surface area contributed by atoms with Crippen LogP contribution >= 0.6 is 0 Å². The van der Waals surface area contributed by atoms with Crippen LogP contribution in [0.5, 0.6) is 0 Å². The fourth-order valence-corrected chi connectivity index (χ4v) is 3.25. The van der Waals surface area contributed by atoms with Gasteiger partial charge in [0.1, 0.15) is 23.4 Å². The van der Waals surface area contributed by atoms with Crippen molar-refractivity contribution in [1.82, 2.24) is 4.57 Å². The Balaban J connectivity index is 2.01. The second-order valence-corrected chi connectivity index (χ2v) is 6.00. The molecule has 4 nitrogen and oxygen atoms in total. The number of nitrogen functional groups attached to an aromatic ring is 1. The van der Waals surface area contributed by atoms with Crippen molar-refractivity contribution in [2.24, 2.45) is 0 Å². The molecule has 1 aliphatic heterocycles. The zero-order valence-electron chi connectivity index (χ0n) is 13.1. The third-order valence-electron chi connectivity index (χ3n) is 4.40. The lowest BCUT2D eigenvalue weighted by Gasteiger charge is -2.25. The zero-order chi connectivity index (χ0) is 16.2. The number of nitriles is 1. The maximum absolute atomic E-state index is 14.0. The molecular formula is C18H21FN4. The molecule has 1 saturated heterocycles.